The second kappa shape index (κ2) is 23.9. The third-order valence-corrected chi connectivity index (χ3v) is 4.55. The van der Waals surface area contributed by atoms with Gasteiger partial charge >= 0.3 is 21.8 Å². The van der Waals surface area contributed by atoms with Crippen LogP contribution in [0.2, 0.25) is 0 Å². The number of pyridine rings is 1. The van der Waals surface area contributed by atoms with Gasteiger partial charge in [-0.1, -0.05) is 90.0 Å². The SMILES string of the molecule is CCCCCCCCCCCCCCCC[n+]1ccccc1.[Cl-].[O]=[Zn]. The zero-order valence-electron chi connectivity index (χ0n) is 16.4. The Bertz CT molecular complexity index is 351. The summed E-state index contributed by atoms with van der Waals surface area (Å²) in [7, 11) is 0. The normalized spacial score (nSPS) is 9.88. The molecule has 1 rings (SSSR count). The van der Waals surface area contributed by atoms with Crippen molar-refractivity contribution in [3.05, 3.63) is 30.6 Å². The van der Waals surface area contributed by atoms with Crippen molar-refractivity contribution in [2.75, 3.05) is 0 Å². The van der Waals surface area contributed by atoms with Crippen molar-refractivity contribution in [3.8, 4) is 0 Å². The summed E-state index contributed by atoms with van der Waals surface area (Å²) in [6, 6.07) is 6.31. The first-order valence-corrected chi connectivity index (χ1v) is 11.4. The standard InChI is InChI=1S/C21H38N.ClH.O.Zn/c1-2-3-4-5-6-7-8-9-10-11-12-13-14-16-19-22-20-17-15-18-21-22;;;/h15,17-18,20-21H,2-14,16,19H2,1H3;1H;;/q+1;;;/p-1. The van der Waals surface area contributed by atoms with E-state index in [-0.39, 0.29) is 30.7 Å². The molecule has 0 unspecified atom stereocenters. The first-order valence-electron chi connectivity index (χ1n) is 10.2. The van der Waals surface area contributed by atoms with Crippen LogP contribution in [-0.4, -0.2) is 0 Å². The van der Waals surface area contributed by atoms with E-state index in [0.29, 0.717) is 0 Å². The first-order chi connectivity index (χ1) is 11.9. The molecule has 0 bridgehead atoms. The van der Waals surface area contributed by atoms with E-state index >= 15 is 0 Å². The van der Waals surface area contributed by atoms with Crippen molar-refractivity contribution in [2.45, 2.75) is 103 Å². The molecule has 1 aromatic rings. The molecule has 0 fully saturated rings. The molecule has 0 N–H and O–H groups in total. The van der Waals surface area contributed by atoms with Gasteiger partial charge in [0.15, 0.2) is 12.4 Å². The van der Waals surface area contributed by atoms with E-state index in [0.717, 1.165) is 0 Å². The summed E-state index contributed by atoms with van der Waals surface area (Å²) in [6.45, 7) is 3.47. The molecule has 0 aliphatic rings. The molecule has 25 heavy (non-hydrogen) atoms. The fraction of sp³-hybridized carbons (Fsp3) is 0.762. The van der Waals surface area contributed by atoms with Gasteiger partial charge in [0.1, 0.15) is 6.54 Å². The molecule has 0 atom stereocenters. The van der Waals surface area contributed by atoms with E-state index in [4.69, 9.17) is 3.57 Å². The maximum atomic E-state index is 8.38. The van der Waals surface area contributed by atoms with Crippen molar-refractivity contribution in [1.29, 1.82) is 0 Å². The fourth-order valence-corrected chi connectivity index (χ4v) is 3.07. The molecule has 0 saturated carbocycles. The summed E-state index contributed by atoms with van der Waals surface area (Å²) in [5.74, 6) is 0. The van der Waals surface area contributed by atoms with Gasteiger partial charge in [0, 0.05) is 18.6 Å². The van der Waals surface area contributed by atoms with Crippen LogP contribution < -0.4 is 17.0 Å². The second-order valence-corrected chi connectivity index (χ2v) is 6.71. The summed E-state index contributed by atoms with van der Waals surface area (Å²) >= 11 is 0.125. The molecule has 142 valence electrons. The number of rotatable bonds is 15. The van der Waals surface area contributed by atoms with Crippen molar-refractivity contribution in [2.24, 2.45) is 0 Å². The molecular formula is C21H38ClNOZn. The number of aryl methyl sites for hydroxylation is 1. The van der Waals surface area contributed by atoms with E-state index in [9.17, 15) is 0 Å². The second-order valence-electron chi connectivity index (χ2n) is 6.71. The number of halogens is 1. The maximum absolute atomic E-state index is 8.38. The van der Waals surface area contributed by atoms with Crippen molar-refractivity contribution in [1.82, 2.24) is 0 Å². The van der Waals surface area contributed by atoms with Crippen LogP contribution >= 0.6 is 0 Å². The Balaban J connectivity index is 0. The Hall–Kier alpha value is -0.137. The van der Waals surface area contributed by atoms with Gasteiger partial charge in [-0.25, -0.2) is 4.57 Å². The molecule has 0 spiro atoms. The third kappa shape index (κ3) is 20.0. The molecule has 0 amide bonds. The number of unbranched alkanes of at least 4 members (excludes halogenated alkanes) is 13. The molecule has 1 heterocycles. The van der Waals surface area contributed by atoms with Gasteiger partial charge in [-0.3, -0.25) is 0 Å². The van der Waals surface area contributed by atoms with Crippen molar-refractivity contribution < 1.29 is 38.8 Å². The summed E-state index contributed by atoms with van der Waals surface area (Å²) in [6.07, 6.45) is 24.4. The Kier molecular flexibility index (Phi) is 25.9. The van der Waals surface area contributed by atoms with Crippen LogP contribution in [0.15, 0.2) is 30.6 Å². The Labute approximate surface area is 172 Å². The van der Waals surface area contributed by atoms with E-state index in [1.54, 1.807) is 0 Å². The zero-order chi connectivity index (χ0) is 17.7. The van der Waals surface area contributed by atoms with Crippen LogP contribution in [0.5, 0.6) is 0 Å². The Morgan fingerprint density at radius 3 is 1.36 bits per heavy atom. The molecule has 4 heteroatoms. The number of hydrogen-bond donors (Lipinski definition) is 0. The van der Waals surface area contributed by atoms with Gasteiger partial charge in [-0.15, -0.1) is 0 Å². The number of hydrogen-bond acceptors (Lipinski definition) is 1. The zero-order valence-corrected chi connectivity index (χ0v) is 20.2. The molecule has 0 saturated heterocycles. The van der Waals surface area contributed by atoms with Gasteiger partial charge < -0.3 is 12.4 Å². The van der Waals surface area contributed by atoms with Crippen molar-refractivity contribution >= 4 is 0 Å². The van der Waals surface area contributed by atoms with Gasteiger partial charge in [0.05, 0.1) is 0 Å². The van der Waals surface area contributed by atoms with Crippen LogP contribution in [0.4, 0.5) is 0 Å². The molecule has 0 aliphatic heterocycles. The van der Waals surface area contributed by atoms with E-state index in [1.807, 2.05) is 0 Å². The molecule has 0 radical (unpaired) electrons. The molecule has 1 aromatic heterocycles. The topological polar surface area (TPSA) is 20.9 Å². The monoisotopic (exact) mass is 419 g/mol. The summed E-state index contributed by atoms with van der Waals surface area (Å²) in [5, 5.41) is 0. The molecular weight excluding hydrogens is 383 g/mol. The Morgan fingerprint density at radius 2 is 0.960 bits per heavy atom. The van der Waals surface area contributed by atoms with Gasteiger partial charge in [0.2, 0.25) is 0 Å². The van der Waals surface area contributed by atoms with E-state index in [1.165, 1.54) is 96.4 Å². The minimum absolute atomic E-state index is 0. The van der Waals surface area contributed by atoms with Gasteiger partial charge in [-0.05, 0) is 6.42 Å². The van der Waals surface area contributed by atoms with Crippen LogP contribution in [0, 0.1) is 0 Å². The number of aromatic nitrogens is 1. The Morgan fingerprint density at radius 1 is 0.600 bits per heavy atom. The summed E-state index contributed by atoms with van der Waals surface area (Å²) in [5.41, 5.74) is 0. The average molecular weight is 421 g/mol. The summed E-state index contributed by atoms with van der Waals surface area (Å²) < 4.78 is 10.7. The van der Waals surface area contributed by atoms with Crippen molar-refractivity contribution in [3.63, 3.8) is 0 Å². The van der Waals surface area contributed by atoms with Gasteiger partial charge in [0.25, 0.3) is 0 Å². The van der Waals surface area contributed by atoms with Crippen LogP contribution in [-0.2, 0) is 28.4 Å². The predicted molar refractivity (Wildman–Crippen MR) is 97.6 cm³/mol. The van der Waals surface area contributed by atoms with E-state index < -0.39 is 0 Å². The molecule has 0 aromatic carbocycles. The summed E-state index contributed by atoms with van der Waals surface area (Å²) in [4.78, 5) is 0. The average Bonchev–Trinajstić information content (AvgIpc) is 2.64. The fourth-order valence-electron chi connectivity index (χ4n) is 3.07. The number of nitrogens with zero attached hydrogens (tertiary/aromatic N) is 1. The predicted octanol–water partition coefficient (Wildman–Crippen LogP) is 3.34. The van der Waals surface area contributed by atoms with Gasteiger partial charge in [-0.2, -0.15) is 0 Å². The van der Waals surface area contributed by atoms with Crippen LogP contribution in [0.3, 0.4) is 0 Å². The molecule has 2 nitrogen and oxygen atoms in total. The molecule has 0 aliphatic carbocycles. The first kappa shape index (κ1) is 27.1. The van der Waals surface area contributed by atoms with Crippen LogP contribution in [0.1, 0.15) is 96.8 Å². The third-order valence-electron chi connectivity index (χ3n) is 4.55. The van der Waals surface area contributed by atoms with Crippen LogP contribution in [0.25, 0.3) is 0 Å². The minimum atomic E-state index is 0. The quantitative estimate of drug-likeness (QED) is 0.242. The van der Waals surface area contributed by atoms with E-state index in [2.05, 4.69) is 42.1 Å².